The summed E-state index contributed by atoms with van der Waals surface area (Å²) < 4.78 is 0. The molecule has 0 N–H and O–H groups in total. The van der Waals surface area contributed by atoms with Crippen LogP contribution in [0.4, 0.5) is 0 Å². The molecule has 1 nitrogen and oxygen atoms in total. The van der Waals surface area contributed by atoms with Gasteiger partial charge in [-0.25, -0.2) is 0 Å². The van der Waals surface area contributed by atoms with E-state index in [0.717, 1.165) is 0 Å². The van der Waals surface area contributed by atoms with E-state index in [4.69, 9.17) is 0 Å². The minimum atomic E-state index is 0. The molecule has 0 saturated heterocycles. The van der Waals surface area contributed by atoms with Crippen molar-refractivity contribution in [1.29, 1.82) is 0 Å². The van der Waals surface area contributed by atoms with E-state index in [9.17, 15) is 0 Å². The van der Waals surface area contributed by atoms with Gasteiger partial charge in [0.15, 0.2) is 0 Å². The Morgan fingerprint density at radius 2 is 0.833 bits per heavy atom. The highest BCUT2D eigenvalue weighted by molar-refractivity contribution is 4.09. The smallest absolute Gasteiger partial charge is 0.0140 e. The lowest BCUT2D eigenvalue weighted by Crippen LogP contribution is -1.99. The Labute approximate surface area is 42.0 Å². The van der Waals surface area contributed by atoms with E-state index in [1.807, 2.05) is 26.0 Å². The highest BCUT2D eigenvalue weighted by atomic mass is 15.0. The van der Waals surface area contributed by atoms with E-state index in [0.29, 0.717) is 0 Å². The number of hydrogen-bond donors (Lipinski definition) is 0. The van der Waals surface area contributed by atoms with Crippen LogP contribution in [-0.4, -0.2) is 26.0 Å². The Morgan fingerprint density at radius 1 is 0.833 bits per heavy atom. The summed E-state index contributed by atoms with van der Waals surface area (Å²) in [5.41, 5.74) is 0. The van der Waals surface area contributed by atoms with Gasteiger partial charge >= 0.3 is 0 Å². The molecule has 0 saturated carbocycles. The average molecular weight is 91.2 g/mol. The first-order chi connectivity index (χ1) is 1.73. The van der Waals surface area contributed by atoms with Crippen LogP contribution in [0.3, 0.4) is 0 Å². The molecule has 42 valence electrons. The highest BCUT2D eigenvalue weighted by Gasteiger charge is 1.58. The summed E-state index contributed by atoms with van der Waals surface area (Å²) in [5, 5.41) is 0. The molecule has 0 aliphatic heterocycles. The zero-order valence-electron chi connectivity index (χ0n) is 3.45. The topological polar surface area (TPSA) is 3.24 Å². The molecule has 0 unspecified atom stereocenters. The van der Waals surface area contributed by atoms with Gasteiger partial charge in [-0.15, -0.1) is 0 Å². The minimum Gasteiger partial charge on any atom is -0.312 e. The SMILES string of the molecule is C.C.CN(C)C. The van der Waals surface area contributed by atoms with Gasteiger partial charge in [0.2, 0.25) is 0 Å². The quantitative estimate of drug-likeness (QED) is 0.436. The van der Waals surface area contributed by atoms with Gasteiger partial charge in [-0.05, 0) is 21.1 Å². The van der Waals surface area contributed by atoms with Crippen LogP contribution in [0.2, 0.25) is 0 Å². The lowest BCUT2D eigenvalue weighted by molar-refractivity contribution is 0.505. The van der Waals surface area contributed by atoms with E-state index >= 15 is 0 Å². The summed E-state index contributed by atoms with van der Waals surface area (Å²) in [6.07, 6.45) is 0. The lowest BCUT2D eigenvalue weighted by Gasteiger charge is -1.90. The Hall–Kier alpha value is -0.0400. The molecule has 0 spiro atoms. The number of rotatable bonds is 0. The maximum absolute atomic E-state index is 2.00. The van der Waals surface area contributed by atoms with Crippen molar-refractivity contribution in [2.75, 3.05) is 21.1 Å². The van der Waals surface area contributed by atoms with Crippen molar-refractivity contribution in [3.63, 3.8) is 0 Å². The van der Waals surface area contributed by atoms with Crippen LogP contribution in [0, 0.1) is 0 Å². The second kappa shape index (κ2) is 8.88. The van der Waals surface area contributed by atoms with Gasteiger partial charge in [-0.2, -0.15) is 0 Å². The van der Waals surface area contributed by atoms with Crippen LogP contribution in [0.1, 0.15) is 14.9 Å². The van der Waals surface area contributed by atoms with Gasteiger partial charge in [-0.3, -0.25) is 0 Å². The van der Waals surface area contributed by atoms with Gasteiger partial charge in [0.05, 0.1) is 0 Å². The van der Waals surface area contributed by atoms with Gasteiger partial charge < -0.3 is 4.90 Å². The fourth-order valence-corrected chi connectivity index (χ4v) is 0. The molecule has 0 aromatic carbocycles. The predicted molar refractivity (Wildman–Crippen MR) is 33.1 cm³/mol. The van der Waals surface area contributed by atoms with Gasteiger partial charge in [0.1, 0.15) is 0 Å². The largest absolute Gasteiger partial charge is 0.312 e. The second-order valence-electron chi connectivity index (χ2n) is 1.34. The van der Waals surface area contributed by atoms with Crippen molar-refractivity contribution in [3.8, 4) is 0 Å². The molecule has 0 aliphatic rings. The zero-order valence-corrected chi connectivity index (χ0v) is 3.45. The maximum atomic E-state index is 2.00. The summed E-state index contributed by atoms with van der Waals surface area (Å²) in [4.78, 5) is 2.00. The van der Waals surface area contributed by atoms with Crippen LogP contribution < -0.4 is 0 Å². The molecule has 0 aromatic heterocycles. The lowest BCUT2D eigenvalue weighted by atomic mass is 11.0. The molecule has 0 rings (SSSR count). The zero-order chi connectivity index (χ0) is 3.58. The van der Waals surface area contributed by atoms with Crippen molar-refractivity contribution >= 4 is 0 Å². The molecule has 0 bridgehead atoms. The monoisotopic (exact) mass is 91.1 g/mol. The van der Waals surface area contributed by atoms with E-state index < -0.39 is 0 Å². The van der Waals surface area contributed by atoms with Crippen LogP contribution >= 0.6 is 0 Å². The fourth-order valence-electron chi connectivity index (χ4n) is 0. The van der Waals surface area contributed by atoms with Gasteiger partial charge in [0.25, 0.3) is 0 Å². The normalized spacial score (nSPS) is 6.00. The van der Waals surface area contributed by atoms with Crippen molar-refractivity contribution in [2.24, 2.45) is 0 Å². The second-order valence-corrected chi connectivity index (χ2v) is 1.34. The summed E-state index contributed by atoms with van der Waals surface area (Å²) in [7, 11) is 6.00. The Morgan fingerprint density at radius 3 is 0.833 bits per heavy atom. The van der Waals surface area contributed by atoms with Crippen molar-refractivity contribution in [2.45, 2.75) is 14.9 Å². The minimum absolute atomic E-state index is 0. The van der Waals surface area contributed by atoms with E-state index in [-0.39, 0.29) is 14.9 Å². The molecule has 0 aromatic rings. The molecule has 1 heteroatoms. The standard InChI is InChI=1S/C3H9N.2CH4/c1-4(2)3;;/h1-3H3;2*1H4. The molecule has 0 atom stereocenters. The summed E-state index contributed by atoms with van der Waals surface area (Å²) in [6.45, 7) is 0. The Bertz CT molecular complexity index is 8.66. The first-order valence-electron chi connectivity index (χ1n) is 1.34. The van der Waals surface area contributed by atoms with Crippen LogP contribution in [-0.2, 0) is 0 Å². The van der Waals surface area contributed by atoms with Crippen LogP contribution in [0.15, 0.2) is 0 Å². The number of hydrogen-bond acceptors (Lipinski definition) is 1. The van der Waals surface area contributed by atoms with Crippen LogP contribution in [0.25, 0.3) is 0 Å². The first-order valence-corrected chi connectivity index (χ1v) is 1.34. The third-order valence-corrected chi connectivity index (χ3v) is 0. The molecular formula is C5H17N. The third kappa shape index (κ3) is 21700. The Kier molecular flexibility index (Phi) is 24.8. The number of nitrogens with zero attached hydrogens (tertiary/aromatic N) is 1. The van der Waals surface area contributed by atoms with Crippen LogP contribution in [0.5, 0.6) is 0 Å². The van der Waals surface area contributed by atoms with Crippen molar-refractivity contribution < 1.29 is 0 Å². The fraction of sp³-hybridized carbons (Fsp3) is 1.00. The first kappa shape index (κ1) is 16.7. The van der Waals surface area contributed by atoms with E-state index in [2.05, 4.69) is 0 Å². The van der Waals surface area contributed by atoms with Crippen molar-refractivity contribution in [3.05, 3.63) is 0 Å². The predicted octanol–water partition coefficient (Wildman–Crippen LogP) is 1.45. The summed E-state index contributed by atoms with van der Waals surface area (Å²) in [5.74, 6) is 0. The van der Waals surface area contributed by atoms with Gasteiger partial charge in [-0.1, -0.05) is 14.9 Å². The molecule has 0 heterocycles. The molecular weight excluding hydrogens is 74.1 g/mol. The molecule has 0 amide bonds. The Balaban J connectivity index is -0.0000000450. The van der Waals surface area contributed by atoms with Crippen molar-refractivity contribution in [1.82, 2.24) is 4.90 Å². The highest BCUT2D eigenvalue weighted by Crippen LogP contribution is 1.47. The molecule has 0 radical (unpaired) electrons. The molecule has 0 aliphatic carbocycles. The van der Waals surface area contributed by atoms with Gasteiger partial charge in [0, 0.05) is 0 Å². The maximum Gasteiger partial charge on any atom is -0.0140 e. The van der Waals surface area contributed by atoms with E-state index in [1.165, 1.54) is 0 Å². The third-order valence-electron chi connectivity index (χ3n) is 0. The van der Waals surface area contributed by atoms with E-state index in [1.54, 1.807) is 0 Å². The summed E-state index contributed by atoms with van der Waals surface area (Å²) >= 11 is 0. The average Bonchev–Trinajstić information content (AvgIpc) is 0.811. The molecule has 6 heavy (non-hydrogen) atoms. The summed E-state index contributed by atoms with van der Waals surface area (Å²) in [6, 6.07) is 0. The molecule has 0 fully saturated rings.